The normalized spacial score (nSPS) is 15.6. The van der Waals surface area contributed by atoms with Crippen LogP contribution in [0.1, 0.15) is 17.2 Å². The summed E-state index contributed by atoms with van der Waals surface area (Å²) in [4.78, 5) is 14.7. The Bertz CT molecular complexity index is 748. The minimum Gasteiger partial charge on any atom is -0.493 e. The van der Waals surface area contributed by atoms with Gasteiger partial charge in [0.25, 0.3) is 0 Å². The Morgan fingerprint density at radius 3 is 2.64 bits per heavy atom. The van der Waals surface area contributed by atoms with Gasteiger partial charge >= 0.3 is 6.03 Å². The van der Waals surface area contributed by atoms with Gasteiger partial charge in [-0.1, -0.05) is 6.07 Å². The molecule has 152 valence electrons. The van der Waals surface area contributed by atoms with Crippen LogP contribution < -0.4 is 20.1 Å². The first-order valence-corrected chi connectivity index (χ1v) is 10.2. The molecule has 0 saturated carbocycles. The standard InChI is InChI=1S/C20H27N3O4S/c1-25-18-4-3-15(11-19(18)26-2)12-21-20(24)22-13-17(16-5-10-28-14-16)23-6-8-27-9-7-23/h3-5,10-11,14,17H,6-9,12-13H2,1-2H3,(H2,21,22,24)/t17-/m1/s1. The molecule has 28 heavy (non-hydrogen) atoms. The van der Waals surface area contributed by atoms with E-state index in [1.807, 2.05) is 18.2 Å². The quantitative estimate of drug-likeness (QED) is 0.706. The summed E-state index contributed by atoms with van der Waals surface area (Å²) in [6.45, 7) is 4.16. The number of hydrogen-bond acceptors (Lipinski definition) is 6. The summed E-state index contributed by atoms with van der Waals surface area (Å²) in [7, 11) is 3.19. The second-order valence-corrected chi connectivity index (χ2v) is 7.25. The van der Waals surface area contributed by atoms with Gasteiger partial charge in [-0.15, -0.1) is 0 Å². The van der Waals surface area contributed by atoms with Gasteiger partial charge in [-0.05, 0) is 40.1 Å². The highest BCUT2D eigenvalue weighted by Gasteiger charge is 2.23. The van der Waals surface area contributed by atoms with Crippen LogP contribution in [0.3, 0.4) is 0 Å². The molecular weight excluding hydrogens is 378 g/mol. The van der Waals surface area contributed by atoms with Gasteiger partial charge in [0.15, 0.2) is 11.5 Å². The van der Waals surface area contributed by atoms with Crippen LogP contribution in [0, 0.1) is 0 Å². The number of methoxy groups -OCH3 is 2. The Hall–Kier alpha value is -2.29. The maximum absolute atomic E-state index is 12.3. The van der Waals surface area contributed by atoms with Crippen molar-refractivity contribution in [1.29, 1.82) is 0 Å². The van der Waals surface area contributed by atoms with Gasteiger partial charge in [0, 0.05) is 26.2 Å². The van der Waals surface area contributed by atoms with Crippen LogP contribution in [0.25, 0.3) is 0 Å². The van der Waals surface area contributed by atoms with E-state index < -0.39 is 0 Å². The molecule has 1 aliphatic rings. The van der Waals surface area contributed by atoms with Crippen molar-refractivity contribution in [2.45, 2.75) is 12.6 Å². The van der Waals surface area contributed by atoms with E-state index in [9.17, 15) is 4.79 Å². The van der Waals surface area contributed by atoms with Crippen molar-refractivity contribution < 1.29 is 19.0 Å². The predicted octanol–water partition coefficient (Wildman–Crippen LogP) is 2.64. The molecule has 2 N–H and O–H groups in total. The number of urea groups is 1. The van der Waals surface area contributed by atoms with Crippen molar-refractivity contribution in [2.24, 2.45) is 0 Å². The monoisotopic (exact) mass is 405 g/mol. The molecule has 0 aliphatic carbocycles. The predicted molar refractivity (Wildman–Crippen MR) is 109 cm³/mol. The Kier molecular flexibility index (Phi) is 7.53. The van der Waals surface area contributed by atoms with Gasteiger partial charge in [-0.2, -0.15) is 11.3 Å². The van der Waals surface area contributed by atoms with E-state index in [-0.39, 0.29) is 12.1 Å². The molecule has 0 spiro atoms. The van der Waals surface area contributed by atoms with E-state index in [1.165, 1.54) is 5.56 Å². The maximum Gasteiger partial charge on any atom is 0.315 e. The van der Waals surface area contributed by atoms with E-state index >= 15 is 0 Å². The molecular formula is C20H27N3O4S. The molecule has 2 aromatic rings. The first-order valence-electron chi connectivity index (χ1n) is 9.27. The van der Waals surface area contributed by atoms with Crippen molar-refractivity contribution >= 4 is 17.4 Å². The molecule has 7 nitrogen and oxygen atoms in total. The van der Waals surface area contributed by atoms with E-state index in [4.69, 9.17) is 14.2 Å². The van der Waals surface area contributed by atoms with Crippen molar-refractivity contribution in [1.82, 2.24) is 15.5 Å². The lowest BCUT2D eigenvalue weighted by Gasteiger charge is -2.34. The highest BCUT2D eigenvalue weighted by atomic mass is 32.1. The SMILES string of the molecule is COc1ccc(CNC(=O)NC[C@H](c2ccsc2)N2CCOCC2)cc1OC. The molecule has 1 atom stereocenters. The Morgan fingerprint density at radius 1 is 1.18 bits per heavy atom. The summed E-state index contributed by atoms with van der Waals surface area (Å²) in [6.07, 6.45) is 0. The molecule has 8 heteroatoms. The number of benzene rings is 1. The van der Waals surface area contributed by atoms with Crippen molar-refractivity contribution in [2.75, 3.05) is 47.1 Å². The molecule has 1 aromatic heterocycles. The molecule has 0 unspecified atom stereocenters. The second-order valence-electron chi connectivity index (χ2n) is 6.47. The smallest absolute Gasteiger partial charge is 0.315 e. The molecule has 2 heterocycles. The summed E-state index contributed by atoms with van der Waals surface area (Å²) in [5.41, 5.74) is 2.17. The molecule has 0 radical (unpaired) electrons. The summed E-state index contributed by atoms with van der Waals surface area (Å²) in [5, 5.41) is 10.1. The van der Waals surface area contributed by atoms with Gasteiger partial charge in [0.1, 0.15) is 0 Å². The zero-order chi connectivity index (χ0) is 19.8. The van der Waals surface area contributed by atoms with Crippen LogP contribution >= 0.6 is 11.3 Å². The number of nitrogens with one attached hydrogen (secondary N) is 2. The van der Waals surface area contributed by atoms with Gasteiger partial charge < -0.3 is 24.8 Å². The zero-order valence-corrected chi connectivity index (χ0v) is 17.1. The average Bonchev–Trinajstić information content (AvgIpc) is 3.27. The summed E-state index contributed by atoms with van der Waals surface area (Å²) in [6, 6.07) is 7.68. The molecule has 1 saturated heterocycles. The molecule has 0 bridgehead atoms. The molecule has 1 aromatic carbocycles. The lowest BCUT2D eigenvalue weighted by atomic mass is 10.1. The number of morpholine rings is 1. The fraction of sp³-hybridized carbons (Fsp3) is 0.450. The maximum atomic E-state index is 12.3. The van der Waals surface area contributed by atoms with Crippen molar-refractivity contribution in [3.8, 4) is 11.5 Å². The largest absolute Gasteiger partial charge is 0.493 e. The number of thiophene rings is 1. The van der Waals surface area contributed by atoms with E-state index in [0.29, 0.717) is 24.6 Å². The Labute approximate surface area is 169 Å². The van der Waals surface area contributed by atoms with E-state index in [0.717, 1.165) is 31.9 Å². The number of carbonyl (C=O) groups excluding carboxylic acids is 1. The van der Waals surface area contributed by atoms with Crippen LogP contribution in [-0.4, -0.2) is 58.0 Å². The topological polar surface area (TPSA) is 72.1 Å². The molecule has 1 aliphatic heterocycles. The molecule has 2 amide bonds. The second kappa shape index (κ2) is 10.3. The number of hydrogen-bond donors (Lipinski definition) is 2. The number of carbonyl (C=O) groups is 1. The first-order chi connectivity index (χ1) is 13.7. The zero-order valence-electron chi connectivity index (χ0n) is 16.3. The van der Waals surface area contributed by atoms with Gasteiger partial charge in [-0.3, -0.25) is 4.90 Å². The minimum absolute atomic E-state index is 0.155. The summed E-state index contributed by atoms with van der Waals surface area (Å²) >= 11 is 1.67. The van der Waals surface area contributed by atoms with Gasteiger partial charge in [-0.25, -0.2) is 4.79 Å². The van der Waals surface area contributed by atoms with E-state index in [1.54, 1.807) is 25.6 Å². The third-order valence-corrected chi connectivity index (χ3v) is 5.47. The van der Waals surface area contributed by atoms with Gasteiger partial charge in [0.2, 0.25) is 0 Å². The molecule has 1 fully saturated rings. The van der Waals surface area contributed by atoms with Crippen LogP contribution in [0.5, 0.6) is 11.5 Å². The van der Waals surface area contributed by atoms with Crippen molar-refractivity contribution in [3.63, 3.8) is 0 Å². The Balaban J connectivity index is 1.53. The summed E-state index contributed by atoms with van der Waals surface area (Å²) in [5.74, 6) is 1.31. The third kappa shape index (κ3) is 5.37. The fourth-order valence-corrected chi connectivity index (χ4v) is 3.94. The lowest BCUT2D eigenvalue weighted by molar-refractivity contribution is 0.0168. The van der Waals surface area contributed by atoms with Gasteiger partial charge in [0.05, 0.1) is 33.5 Å². The van der Waals surface area contributed by atoms with Crippen LogP contribution in [0.2, 0.25) is 0 Å². The third-order valence-electron chi connectivity index (χ3n) is 4.77. The minimum atomic E-state index is -0.191. The number of ether oxygens (including phenoxy) is 3. The van der Waals surface area contributed by atoms with Crippen molar-refractivity contribution in [3.05, 3.63) is 46.2 Å². The van der Waals surface area contributed by atoms with E-state index in [2.05, 4.69) is 32.4 Å². The van der Waals surface area contributed by atoms with Crippen LogP contribution in [0.4, 0.5) is 4.79 Å². The molecule has 3 rings (SSSR count). The highest BCUT2D eigenvalue weighted by Crippen LogP contribution is 2.27. The highest BCUT2D eigenvalue weighted by molar-refractivity contribution is 7.07. The Morgan fingerprint density at radius 2 is 1.96 bits per heavy atom. The van der Waals surface area contributed by atoms with Crippen LogP contribution in [-0.2, 0) is 11.3 Å². The first kappa shape index (κ1) is 20.4. The van der Waals surface area contributed by atoms with Crippen LogP contribution in [0.15, 0.2) is 35.0 Å². The number of rotatable bonds is 8. The number of nitrogens with zero attached hydrogens (tertiary/aromatic N) is 1. The number of amides is 2. The lowest BCUT2D eigenvalue weighted by Crippen LogP contribution is -2.45. The average molecular weight is 406 g/mol. The summed E-state index contributed by atoms with van der Waals surface area (Å²) < 4.78 is 16.0. The fourth-order valence-electron chi connectivity index (χ4n) is 3.24.